The second kappa shape index (κ2) is 3.57. The second-order valence-electron chi connectivity index (χ2n) is 2.90. The minimum Gasteiger partial charge on any atom is -0.386 e. The highest BCUT2D eigenvalue weighted by atomic mass is 127. The van der Waals surface area contributed by atoms with Gasteiger partial charge < -0.3 is 8.22 Å². The molecule has 0 rings (SSSR count). The van der Waals surface area contributed by atoms with Crippen molar-refractivity contribution in [3.63, 3.8) is 0 Å². The Bertz CT molecular complexity index is 135. The van der Waals surface area contributed by atoms with Gasteiger partial charge in [0.05, 0.1) is 28.5 Å². The van der Waals surface area contributed by atoms with Crippen molar-refractivity contribution in [1.82, 2.24) is 3.11 Å². The van der Waals surface area contributed by atoms with Crippen LogP contribution in [-0.4, -0.2) is 20.9 Å². The summed E-state index contributed by atoms with van der Waals surface area (Å²) in [7, 11) is 1.93. The zero-order valence-corrected chi connectivity index (χ0v) is 9.01. The maximum absolute atomic E-state index is 9.44. The van der Waals surface area contributed by atoms with Gasteiger partial charge in [0, 0.05) is 13.2 Å². The maximum atomic E-state index is 9.44. The van der Waals surface area contributed by atoms with E-state index in [0.717, 1.165) is 5.57 Å². The summed E-state index contributed by atoms with van der Waals surface area (Å²) < 4.78 is 1.89. The van der Waals surface area contributed by atoms with Gasteiger partial charge in [-0.3, -0.25) is 0 Å². The Balaban J connectivity index is 4.20. The van der Waals surface area contributed by atoms with Crippen molar-refractivity contribution in [2.24, 2.45) is 0 Å². The van der Waals surface area contributed by atoms with E-state index in [-0.39, 0.29) is 0 Å². The predicted octanol–water partition coefficient (Wildman–Crippen LogP) is 1.94. The Hall–Kier alpha value is 0.230. The van der Waals surface area contributed by atoms with Gasteiger partial charge in [0.25, 0.3) is 0 Å². The SMILES string of the molecule is C/C(=C\N(C)I)C(C)(C)O. The molecule has 0 aromatic carbocycles. The van der Waals surface area contributed by atoms with Crippen LogP contribution in [0.4, 0.5) is 0 Å². The highest BCUT2D eigenvalue weighted by Gasteiger charge is 2.14. The van der Waals surface area contributed by atoms with Crippen LogP contribution in [0.25, 0.3) is 0 Å². The Kier molecular flexibility index (Phi) is 3.65. The highest BCUT2D eigenvalue weighted by Crippen LogP contribution is 2.15. The molecule has 0 aromatic rings. The maximum Gasteiger partial charge on any atom is 0.0815 e. The van der Waals surface area contributed by atoms with Crippen LogP contribution in [-0.2, 0) is 0 Å². The summed E-state index contributed by atoms with van der Waals surface area (Å²) in [5.41, 5.74) is 0.267. The third kappa shape index (κ3) is 4.11. The fourth-order valence-corrected chi connectivity index (χ4v) is 0.843. The van der Waals surface area contributed by atoms with Crippen LogP contribution < -0.4 is 0 Å². The van der Waals surface area contributed by atoms with E-state index < -0.39 is 5.60 Å². The summed E-state index contributed by atoms with van der Waals surface area (Å²) in [6.45, 7) is 5.47. The van der Waals surface area contributed by atoms with Crippen molar-refractivity contribution in [2.75, 3.05) is 7.05 Å². The number of rotatable bonds is 2. The molecular formula is C7H14INO. The standard InChI is InChI=1S/C7H14INO/c1-6(5-9(4)8)7(2,3)10/h5,10H,1-4H3/b6-5+. The van der Waals surface area contributed by atoms with Gasteiger partial charge in [-0.2, -0.15) is 0 Å². The normalized spacial score (nSPS) is 13.6. The molecule has 0 amide bonds. The molecule has 60 valence electrons. The molecule has 0 unspecified atom stereocenters. The minimum atomic E-state index is -0.695. The topological polar surface area (TPSA) is 23.5 Å². The monoisotopic (exact) mass is 255 g/mol. The minimum absolute atomic E-state index is 0.695. The molecule has 0 bridgehead atoms. The molecule has 0 heterocycles. The Morgan fingerprint density at radius 3 is 2.10 bits per heavy atom. The van der Waals surface area contributed by atoms with Crippen LogP contribution in [0.1, 0.15) is 20.8 Å². The van der Waals surface area contributed by atoms with Crippen molar-refractivity contribution >= 4 is 22.9 Å². The summed E-state index contributed by atoms with van der Waals surface area (Å²) >= 11 is 2.14. The van der Waals surface area contributed by atoms with Crippen LogP contribution in [0.3, 0.4) is 0 Å². The molecule has 0 aliphatic heterocycles. The molecular weight excluding hydrogens is 241 g/mol. The third-order valence-electron chi connectivity index (χ3n) is 1.34. The van der Waals surface area contributed by atoms with Gasteiger partial charge in [-0.15, -0.1) is 0 Å². The Morgan fingerprint density at radius 2 is 2.00 bits per heavy atom. The second-order valence-corrected chi connectivity index (χ2v) is 4.42. The first-order valence-corrected chi connectivity index (χ1v) is 4.10. The molecule has 0 saturated heterocycles. The van der Waals surface area contributed by atoms with E-state index in [0.29, 0.717) is 0 Å². The van der Waals surface area contributed by atoms with E-state index in [9.17, 15) is 5.11 Å². The van der Waals surface area contributed by atoms with Crippen molar-refractivity contribution in [3.8, 4) is 0 Å². The quantitative estimate of drug-likeness (QED) is 0.602. The molecule has 3 heteroatoms. The lowest BCUT2D eigenvalue weighted by molar-refractivity contribution is 0.119. The summed E-state index contributed by atoms with van der Waals surface area (Å²) in [6.07, 6.45) is 1.90. The van der Waals surface area contributed by atoms with Gasteiger partial charge in [0.15, 0.2) is 0 Å². The number of hydrogen-bond donors (Lipinski definition) is 1. The van der Waals surface area contributed by atoms with Crippen LogP contribution in [0.2, 0.25) is 0 Å². The van der Waals surface area contributed by atoms with E-state index in [1.165, 1.54) is 0 Å². The van der Waals surface area contributed by atoms with E-state index >= 15 is 0 Å². The first-order valence-electron chi connectivity index (χ1n) is 3.14. The number of hydrogen-bond acceptors (Lipinski definition) is 2. The van der Waals surface area contributed by atoms with Crippen molar-refractivity contribution in [2.45, 2.75) is 26.4 Å². The molecule has 0 aromatic heterocycles. The number of nitrogens with zero attached hydrogens (tertiary/aromatic N) is 1. The zero-order chi connectivity index (χ0) is 8.36. The first kappa shape index (κ1) is 10.2. The fourth-order valence-electron chi connectivity index (χ4n) is 0.425. The van der Waals surface area contributed by atoms with Gasteiger partial charge in [-0.05, 0) is 26.3 Å². The molecule has 0 spiro atoms. The molecule has 2 nitrogen and oxygen atoms in total. The molecule has 0 atom stereocenters. The van der Waals surface area contributed by atoms with Crippen LogP contribution in [0.5, 0.6) is 0 Å². The predicted molar refractivity (Wildman–Crippen MR) is 51.8 cm³/mol. The van der Waals surface area contributed by atoms with Crippen molar-refractivity contribution < 1.29 is 5.11 Å². The first-order chi connectivity index (χ1) is 4.34. The fraction of sp³-hybridized carbons (Fsp3) is 0.714. The van der Waals surface area contributed by atoms with Crippen LogP contribution in [0.15, 0.2) is 11.8 Å². The van der Waals surface area contributed by atoms with E-state index in [1.54, 1.807) is 13.8 Å². The van der Waals surface area contributed by atoms with Gasteiger partial charge in [-0.1, -0.05) is 0 Å². The lowest BCUT2D eigenvalue weighted by Crippen LogP contribution is -2.21. The Morgan fingerprint density at radius 1 is 1.60 bits per heavy atom. The molecule has 0 fully saturated rings. The molecule has 0 radical (unpaired) electrons. The summed E-state index contributed by atoms with van der Waals surface area (Å²) in [5.74, 6) is 0. The summed E-state index contributed by atoms with van der Waals surface area (Å²) in [4.78, 5) is 0. The third-order valence-corrected chi connectivity index (χ3v) is 1.62. The summed E-state index contributed by atoms with van der Waals surface area (Å²) in [6, 6.07) is 0. The number of aliphatic hydroxyl groups is 1. The Labute approximate surface area is 76.4 Å². The molecule has 1 N–H and O–H groups in total. The van der Waals surface area contributed by atoms with Crippen molar-refractivity contribution in [1.29, 1.82) is 0 Å². The average Bonchev–Trinajstić information content (AvgIpc) is 1.60. The summed E-state index contributed by atoms with van der Waals surface area (Å²) in [5, 5.41) is 9.44. The van der Waals surface area contributed by atoms with E-state index in [2.05, 4.69) is 22.9 Å². The van der Waals surface area contributed by atoms with Gasteiger partial charge in [0.1, 0.15) is 0 Å². The van der Waals surface area contributed by atoms with E-state index in [4.69, 9.17) is 0 Å². The smallest absolute Gasteiger partial charge is 0.0815 e. The molecule has 0 aliphatic carbocycles. The zero-order valence-electron chi connectivity index (χ0n) is 6.85. The average molecular weight is 255 g/mol. The van der Waals surface area contributed by atoms with Crippen LogP contribution in [0, 0.1) is 0 Å². The lowest BCUT2D eigenvalue weighted by Gasteiger charge is -2.19. The van der Waals surface area contributed by atoms with Gasteiger partial charge in [0.2, 0.25) is 0 Å². The lowest BCUT2D eigenvalue weighted by atomic mass is 10.0. The largest absolute Gasteiger partial charge is 0.386 e. The molecule has 0 aliphatic rings. The van der Waals surface area contributed by atoms with Gasteiger partial charge >= 0.3 is 0 Å². The van der Waals surface area contributed by atoms with Crippen molar-refractivity contribution in [3.05, 3.63) is 11.8 Å². The molecule has 0 saturated carbocycles. The molecule has 10 heavy (non-hydrogen) atoms. The highest BCUT2D eigenvalue weighted by molar-refractivity contribution is 14.1. The van der Waals surface area contributed by atoms with Gasteiger partial charge in [-0.25, -0.2) is 0 Å². The van der Waals surface area contributed by atoms with Crippen LogP contribution >= 0.6 is 22.9 Å². The van der Waals surface area contributed by atoms with E-state index in [1.807, 2.05) is 23.3 Å². The number of halogens is 1.